The smallest absolute Gasteiger partial charge is 0.253 e. The van der Waals surface area contributed by atoms with Crippen molar-refractivity contribution in [3.63, 3.8) is 0 Å². The van der Waals surface area contributed by atoms with Crippen molar-refractivity contribution < 1.29 is 13.2 Å². The molecule has 1 saturated carbocycles. The minimum absolute atomic E-state index is 0.0655. The Morgan fingerprint density at radius 3 is 2.52 bits per heavy atom. The summed E-state index contributed by atoms with van der Waals surface area (Å²) in [5.41, 5.74) is 0.811. The zero-order valence-corrected chi connectivity index (χ0v) is 13.7. The molecular formula is C14H19ClN2O3S. The Bertz CT molecular complexity index is 669. The van der Waals surface area contributed by atoms with Gasteiger partial charge in [0.2, 0.25) is 10.0 Å². The first kappa shape index (κ1) is 16.3. The SMILES string of the molecule is Cc1cc(C(=O)N(C)CC2CCC2)cc(S(N)(=O)=O)c1Cl. The van der Waals surface area contributed by atoms with Crippen LogP contribution in [-0.4, -0.2) is 32.8 Å². The minimum atomic E-state index is -3.96. The lowest BCUT2D eigenvalue weighted by atomic mass is 9.85. The molecular weight excluding hydrogens is 312 g/mol. The molecule has 5 nitrogen and oxygen atoms in total. The molecule has 0 aromatic heterocycles. The van der Waals surface area contributed by atoms with E-state index in [4.69, 9.17) is 16.7 Å². The maximum Gasteiger partial charge on any atom is 0.253 e. The first-order valence-corrected chi connectivity index (χ1v) is 8.71. The molecule has 2 rings (SSSR count). The van der Waals surface area contributed by atoms with E-state index < -0.39 is 10.0 Å². The summed E-state index contributed by atoms with van der Waals surface area (Å²) >= 11 is 5.97. The number of carbonyl (C=O) groups excluding carboxylic acids is 1. The highest BCUT2D eigenvalue weighted by Crippen LogP contribution is 2.29. The molecule has 7 heteroatoms. The van der Waals surface area contributed by atoms with Gasteiger partial charge in [0.1, 0.15) is 4.90 Å². The molecule has 0 bridgehead atoms. The highest BCUT2D eigenvalue weighted by Gasteiger charge is 2.24. The molecule has 1 aromatic rings. The van der Waals surface area contributed by atoms with Crippen LogP contribution in [0.4, 0.5) is 0 Å². The molecule has 1 aromatic carbocycles. The van der Waals surface area contributed by atoms with Crippen molar-refractivity contribution in [2.75, 3.05) is 13.6 Å². The highest BCUT2D eigenvalue weighted by molar-refractivity contribution is 7.89. The summed E-state index contributed by atoms with van der Waals surface area (Å²) in [5.74, 6) is 0.330. The molecule has 0 aliphatic heterocycles. The van der Waals surface area contributed by atoms with Crippen molar-refractivity contribution in [3.8, 4) is 0 Å². The van der Waals surface area contributed by atoms with Crippen LogP contribution in [0.25, 0.3) is 0 Å². The number of aryl methyl sites for hydroxylation is 1. The van der Waals surface area contributed by atoms with Gasteiger partial charge in [0, 0.05) is 19.2 Å². The second-order valence-electron chi connectivity index (χ2n) is 5.63. The summed E-state index contributed by atoms with van der Waals surface area (Å²) in [7, 11) is -2.23. The van der Waals surface area contributed by atoms with E-state index >= 15 is 0 Å². The highest BCUT2D eigenvalue weighted by atomic mass is 35.5. The Morgan fingerprint density at radius 1 is 1.43 bits per heavy atom. The molecule has 0 unspecified atom stereocenters. The average molecular weight is 331 g/mol. The summed E-state index contributed by atoms with van der Waals surface area (Å²) in [6, 6.07) is 2.85. The third-order valence-corrected chi connectivity index (χ3v) is 5.43. The molecule has 0 atom stereocenters. The number of hydrogen-bond acceptors (Lipinski definition) is 3. The monoisotopic (exact) mass is 330 g/mol. The third kappa shape index (κ3) is 3.56. The van der Waals surface area contributed by atoms with Crippen LogP contribution in [0.2, 0.25) is 5.02 Å². The van der Waals surface area contributed by atoms with E-state index in [9.17, 15) is 13.2 Å². The van der Waals surface area contributed by atoms with Crippen LogP contribution in [0.3, 0.4) is 0 Å². The molecule has 2 N–H and O–H groups in total. The lowest BCUT2D eigenvalue weighted by Crippen LogP contribution is -2.34. The lowest BCUT2D eigenvalue weighted by Gasteiger charge is -2.30. The number of carbonyl (C=O) groups is 1. The first-order chi connectivity index (χ1) is 9.70. The van der Waals surface area contributed by atoms with Gasteiger partial charge in [-0.2, -0.15) is 0 Å². The standard InChI is InChI=1S/C14H19ClN2O3S/c1-9-6-11(7-12(13(9)15)21(16,19)20)14(18)17(2)8-10-4-3-5-10/h6-7,10H,3-5,8H2,1-2H3,(H2,16,19,20). The Labute approximate surface area is 130 Å². The van der Waals surface area contributed by atoms with E-state index in [-0.39, 0.29) is 15.8 Å². The van der Waals surface area contributed by atoms with E-state index in [1.54, 1.807) is 24.9 Å². The second kappa shape index (κ2) is 5.94. The van der Waals surface area contributed by atoms with Crippen LogP contribution in [0, 0.1) is 12.8 Å². The number of rotatable bonds is 4. The predicted molar refractivity (Wildman–Crippen MR) is 81.9 cm³/mol. The van der Waals surface area contributed by atoms with Gasteiger partial charge >= 0.3 is 0 Å². The first-order valence-electron chi connectivity index (χ1n) is 6.78. The van der Waals surface area contributed by atoms with Gasteiger partial charge in [-0.3, -0.25) is 4.79 Å². The van der Waals surface area contributed by atoms with Gasteiger partial charge in [0.05, 0.1) is 5.02 Å². The normalized spacial score (nSPS) is 15.6. The summed E-state index contributed by atoms with van der Waals surface area (Å²) in [4.78, 5) is 13.8. The van der Waals surface area contributed by atoms with Gasteiger partial charge in [-0.05, 0) is 43.4 Å². The van der Waals surface area contributed by atoms with E-state index in [0.29, 0.717) is 23.6 Å². The van der Waals surface area contributed by atoms with Gasteiger partial charge in [-0.15, -0.1) is 0 Å². The number of primary sulfonamides is 1. The van der Waals surface area contributed by atoms with Crippen LogP contribution in [-0.2, 0) is 10.0 Å². The molecule has 116 valence electrons. The number of nitrogens with two attached hydrogens (primary N) is 1. The maximum atomic E-state index is 12.4. The van der Waals surface area contributed by atoms with Crippen molar-refractivity contribution in [1.82, 2.24) is 4.90 Å². The van der Waals surface area contributed by atoms with Crippen molar-refractivity contribution in [2.24, 2.45) is 11.1 Å². The molecule has 1 fully saturated rings. The Hall–Kier alpha value is -1.11. The Balaban J connectivity index is 2.30. The average Bonchev–Trinajstić information content (AvgIpc) is 2.34. The Morgan fingerprint density at radius 2 is 2.05 bits per heavy atom. The number of hydrogen-bond donors (Lipinski definition) is 1. The summed E-state index contributed by atoms with van der Waals surface area (Å²) < 4.78 is 23.1. The van der Waals surface area contributed by atoms with Crippen LogP contribution in [0.5, 0.6) is 0 Å². The molecule has 21 heavy (non-hydrogen) atoms. The Kier molecular flexibility index (Phi) is 4.60. The van der Waals surface area contributed by atoms with Gasteiger partial charge in [0.15, 0.2) is 0 Å². The van der Waals surface area contributed by atoms with Crippen molar-refractivity contribution in [2.45, 2.75) is 31.1 Å². The summed E-state index contributed by atoms with van der Waals surface area (Å²) in [5, 5.41) is 5.21. The molecule has 1 aliphatic carbocycles. The molecule has 0 radical (unpaired) electrons. The molecule has 0 heterocycles. The number of benzene rings is 1. The van der Waals surface area contributed by atoms with Crippen molar-refractivity contribution >= 4 is 27.5 Å². The largest absolute Gasteiger partial charge is 0.341 e. The fourth-order valence-electron chi connectivity index (χ4n) is 2.43. The summed E-state index contributed by atoms with van der Waals surface area (Å²) in [6.07, 6.45) is 3.49. The van der Waals surface area contributed by atoms with E-state index in [2.05, 4.69) is 0 Å². The van der Waals surface area contributed by atoms with Gasteiger partial charge < -0.3 is 4.90 Å². The lowest BCUT2D eigenvalue weighted by molar-refractivity contribution is 0.0745. The fourth-order valence-corrected chi connectivity index (χ4v) is 3.57. The van der Waals surface area contributed by atoms with Crippen molar-refractivity contribution in [3.05, 3.63) is 28.3 Å². The van der Waals surface area contributed by atoms with Crippen LogP contribution >= 0.6 is 11.6 Å². The molecule has 1 amide bonds. The van der Waals surface area contributed by atoms with Crippen LogP contribution < -0.4 is 5.14 Å². The molecule has 0 saturated heterocycles. The molecule has 0 spiro atoms. The number of nitrogens with zero attached hydrogens (tertiary/aromatic N) is 1. The van der Waals surface area contributed by atoms with Gasteiger partial charge in [-0.25, -0.2) is 13.6 Å². The zero-order valence-electron chi connectivity index (χ0n) is 12.1. The van der Waals surface area contributed by atoms with E-state index in [0.717, 1.165) is 12.8 Å². The third-order valence-electron chi connectivity index (χ3n) is 3.88. The quantitative estimate of drug-likeness (QED) is 0.918. The van der Waals surface area contributed by atoms with Crippen molar-refractivity contribution in [1.29, 1.82) is 0 Å². The number of sulfonamides is 1. The fraction of sp³-hybridized carbons (Fsp3) is 0.500. The van der Waals surface area contributed by atoms with Gasteiger partial charge in [-0.1, -0.05) is 18.0 Å². The second-order valence-corrected chi connectivity index (χ2v) is 7.54. The van der Waals surface area contributed by atoms with E-state index in [1.165, 1.54) is 12.5 Å². The van der Waals surface area contributed by atoms with E-state index in [1.807, 2.05) is 0 Å². The van der Waals surface area contributed by atoms with Crippen LogP contribution in [0.1, 0.15) is 35.2 Å². The maximum absolute atomic E-state index is 12.4. The predicted octanol–water partition coefficient (Wildman–Crippen LogP) is 2.17. The van der Waals surface area contributed by atoms with Gasteiger partial charge in [0.25, 0.3) is 5.91 Å². The topological polar surface area (TPSA) is 80.5 Å². The molecule has 1 aliphatic rings. The number of halogens is 1. The van der Waals surface area contributed by atoms with Crippen LogP contribution in [0.15, 0.2) is 17.0 Å². The number of amides is 1. The minimum Gasteiger partial charge on any atom is -0.341 e. The summed E-state index contributed by atoms with van der Waals surface area (Å²) in [6.45, 7) is 2.34. The zero-order chi connectivity index (χ0) is 15.8.